The van der Waals surface area contributed by atoms with Crippen molar-refractivity contribution in [1.82, 2.24) is 20.5 Å². The molecule has 1 aromatic heterocycles. The van der Waals surface area contributed by atoms with Gasteiger partial charge >= 0.3 is 12.1 Å². The Bertz CT molecular complexity index is 1960. The fourth-order valence-electron chi connectivity index (χ4n) is 6.57. The van der Waals surface area contributed by atoms with E-state index in [9.17, 15) is 14.4 Å². The minimum Gasteiger partial charge on any atom is -0.490 e. The number of amides is 4. The van der Waals surface area contributed by atoms with Crippen molar-refractivity contribution in [3.8, 4) is 23.0 Å². The second-order valence-electron chi connectivity index (χ2n) is 15.0. The van der Waals surface area contributed by atoms with E-state index in [1.807, 2.05) is 51.1 Å². The molecule has 0 radical (unpaired) electrons. The highest BCUT2D eigenvalue weighted by Crippen LogP contribution is 2.28. The highest BCUT2D eigenvalue weighted by Gasteiger charge is 2.28. The lowest BCUT2D eigenvalue weighted by molar-refractivity contribution is 0.0126. The van der Waals surface area contributed by atoms with Crippen LogP contribution in [0, 0.1) is 0 Å². The fraction of sp³-hybridized carbons (Fsp3) is 0.381. The molecule has 296 valence electrons. The van der Waals surface area contributed by atoms with Crippen LogP contribution in [0.4, 0.5) is 26.7 Å². The number of urea groups is 1. The minimum absolute atomic E-state index is 0.0115. The standard InChI is InChI=1S/C42H51N7O7/c1-42(2,3)56-41(52)49-21-17-33(18-22-49)55-34-13-14-37(43)27(24-34)23-30-25-35(15-19-45-30)53-31-9-5-28(6-10-31)47-40(51)48-29-7-11-32(12-8-29)54-36-16-20-46-38(26-36)39(50)44-4/h5-14,16,20,24,26,30,33,35,45H,15,17-19,21-23,25,43H2,1-4H3,(H,44,50)(H2,47,48,51)/t30-,35?/m0/s1. The topological polar surface area (TPSA) is 178 Å². The van der Waals surface area contributed by atoms with E-state index in [-0.39, 0.29) is 35.9 Å². The third kappa shape index (κ3) is 11.5. The second-order valence-corrected chi connectivity index (χ2v) is 15.0. The number of nitrogens with one attached hydrogen (secondary N) is 4. The van der Waals surface area contributed by atoms with Gasteiger partial charge in [-0.2, -0.15) is 0 Å². The van der Waals surface area contributed by atoms with Crippen molar-refractivity contribution in [2.24, 2.45) is 0 Å². The maximum atomic E-state index is 12.7. The monoisotopic (exact) mass is 765 g/mol. The largest absolute Gasteiger partial charge is 0.490 e. The summed E-state index contributed by atoms with van der Waals surface area (Å²) in [6.45, 7) is 7.62. The first-order chi connectivity index (χ1) is 26.9. The van der Waals surface area contributed by atoms with Crippen molar-refractivity contribution in [2.45, 2.75) is 76.7 Å². The molecule has 6 N–H and O–H groups in total. The van der Waals surface area contributed by atoms with E-state index in [1.165, 1.54) is 13.2 Å². The number of rotatable bonds is 11. The van der Waals surface area contributed by atoms with Crippen LogP contribution in [0.3, 0.4) is 0 Å². The number of pyridine rings is 1. The molecule has 2 aliphatic rings. The molecule has 2 aliphatic heterocycles. The van der Waals surface area contributed by atoms with Gasteiger partial charge in [0, 0.05) is 68.3 Å². The lowest BCUT2D eigenvalue weighted by atomic mass is 9.95. The summed E-state index contributed by atoms with van der Waals surface area (Å²) in [6.07, 6.45) is 5.12. The van der Waals surface area contributed by atoms with Crippen LogP contribution in [0.15, 0.2) is 85.1 Å². The van der Waals surface area contributed by atoms with Crippen LogP contribution in [-0.2, 0) is 11.2 Å². The summed E-state index contributed by atoms with van der Waals surface area (Å²) in [5.41, 5.74) is 9.09. The molecule has 6 rings (SSSR count). The quantitative estimate of drug-likeness (QED) is 0.100. The molecule has 4 aromatic rings. The van der Waals surface area contributed by atoms with E-state index in [0.717, 1.165) is 61.4 Å². The van der Waals surface area contributed by atoms with E-state index in [1.54, 1.807) is 53.4 Å². The summed E-state index contributed by atoms with van der Waals surface area (Å²) < 4.78 is 24.1. The Labute approximate surface area is 327 Å². The molecule has 56 heavy (non-hydrogen) atoms. The number of anilines is 3. The van der Waals surface area contributed by atoms with Crippen LogP contribution in [0.1, 0.15) is 62.5 Å². The van der Waals surface area contributed by atoms with Crippen LogP contribution in [0.2, 0.25) is 0 Å². The van der Waals surface area contributed by atoms with Crippen molar-refractivity contribution in [2.75, 3.05) is 43.0 Å². The van der Waals surface area contributed by atoms with Crippen molar-refractivity contribution in [3.05, 3.63) is 96.3 Å². The number of benzene rings is 3. The molecule has 3 aromatic carbocycles. The molecule has 1 unspecified atom stereocenters. The summed E-state index contributed by atoms with van der Waals surface area (Å²) in [6, 6.07) is 23.0. The van der Waals surface area contributed by atoms with E-state index in [0.29, 0.717) is 36.0 Å². The predicted molar refractivity (Wildman–Crippen MR) is 215 cm³/mol. The Hall–Kier alpha value is -6.02. The van der Waals surface area contributed by atoms with Crippen molar-refractivity contribution in [3.63, 3.8) is 0 Å². The lowest BCUT2D eigenvalue weighted by Gasteiger charge is -2.33. The molecule has 2 atom stereocenters. The minimum atomic E-state index is -0.518. The fourth-order valence-corrected chi connectivity index (χ4v) is 6.57. The molecule has 0 aliphatic carbocycles. The Morgan fingerprint density at radius 3 is 2.12 bits per heavy atom. The first kappa shape index (κ1) is 39.7. The van der Waals surface area contributed by atoms with Crippen molar-refractivity contribution >= 4 is 35.1 Å². The van der Waals surface area contributed by atoms with Gasteiger partial charge in [-0.3, -0.25) is 9.78 Å². The average molecular weight is 766 g/mol. The number of likely N-dealkylation sites (tertiary alicyclic amines) is 1. The summed E-state index contributed by atoms with van der Waals surface area (Å²) in [7, 11) is 1.54. The molecule has 3 heterocycles. The highest BCUT2D eigenvalue weighted by atomic mass is 16.6. The van der Waals surface area contributed by atoms with Gasteiger partial charge < -0.3 is 50.8 Å². The van der Waals surface area contributed by atoms with Gasteiger partial charge in [0.2, 0.25) is 0 Å². The number of carbonyl (C=O) groups is 3. The molecular formula is C42H51N7O7. The Morgan fingerprint density at radius 2 is 1.46 bits per heavy atom. The first-order valence-electron chi connectivity index (χ1n) is 19.0. The summed E-state index contributed by atoms with van der Waals surface area (Å²) in [5.74, 6) is 2.20. The van der Waals surface area contributed by atoms with Crippen LogP contribution in [-0.4, -0.2) is 78.4 Å². The van der Waals surface area contributed by atoms with Crippen LogP contribution >= 0.6 is 0 Å². The molecule has 2 fully saturated rings. The number of carbonyl (C=O) groups excluding carboxylic acids is 3. The number of hydrogen-bond donors (Lipinski definition) is 5. The first-order valence-corrected chi connectivity index (χ1v) is 19.0. The van der Waals surface area contributed by atoms with Gasteiger partial charge in [0.25, 0.3) is 5.91 Å². The third-order valence-corrected chi connectivity index (χ3v) is 9.38. The highest BCUT2D eigenvalue weighted by molar-refractivity contribution is 5.99. The number of ether oxygens (including phenoxy) is 4. The van der Waals surface area contributed by atoms with E-state index < -0.39 is 11.6 Å². The number of hydrogen-bond acceptors (Lipinski definition) is 10. The zero-order valence-electron chi connectivity index (χ0n) is 32.3. The molecule has 0 bridgehead atoms. The van der Waals surface area contributed by atoms with Gasteiger partial charge in [-0.1, -0.05) is 0 Å². The van der Waals surface area contributed by atoms with Gasteiger partial charge in [-0.25, -0.2) is 9.59 Å². The van der Waals surface area contributed by atoms with Crippen molar-refractivity contribution < 1.29 is 33.3 Å². The Balaban J connectivity index is 0.939. The summed E-state index contributed by atoms with van der Waals surface area (Å²) in [5, 5.41) is 11.8. The average Bonchev–Trinajstić information content (AvgIpc) is 3.17. The number of aromatic nitrogens is 1. The molecule has 14 heteroatoms. The second kappa shape index (κ2) is 18.1. The summed E-state index contributed by atoms with van der Waals surface area (Å²) >= 11 is 0. The maximum Gasteiger partial charge on any atom is 0.410 e. The van der Waals surface area contributed by atoms with Gasteiger partial charge in [0.05, 0.1) is 0 Å². The molecule has 4 amide bonds. The lowest BCUT2D eigenvalue weighted by Crippen LogP contribution is -2.44. The summed E-state index contributed by atoms with van der Waals surface area (Å²) in [4.78, 5) is 42.8. The third-order valence-electron chi connectivity index (χ3n) is 9.38. The SMILES string of the molecule is CNC(=O)c1cc(Oc2ccc(NC(=O)Nc3ccc(OC4CCN[C@@H](Cc5cc(OC6CCN(C(=O)OC(C)(C)C)CC6)ccc5N)C4)cc3)cc2)ccn1. The van der Waals surface area contributed by atoms with Gasteiger partial charge in [0.1, 0.15) is 46.5 Å². The Morgan fingerprint density at radius 1 is 0.821 bits per heavy atom. The normalized spacial score (nSPS) is 17.3. The Kier molecular flexibility index (Phi) is 12.8. The van der Waals surface area contributed by atoms with Crippen LogP contribution in [0.25, 0.3) is 0 Å². The molecule has 14 nitrogen and oxygen atoms in total. The molecule has 0 spiro atoms. The van der Waals surface area contributed by atoms with Crippen molar-refractivity contribution in [1.29, 1.82) is 0 Å². The van der Waals surface area contributed by atoms with Crippen LogP contribution < -0.4 is 41.2 Å². The van der Waals surface area contributed by atoms with Gasteiger partial charge in [0.15, 0.2) is 0 Å². The molecule has 2 saturated heterocycles. The molecular weight excluding hydrogens is 715 g/mol. The van der Waals surface area contributed by atoms with E-state index >= 15 is 0 Å². The van der Waals surface area contributed by atoms with E-state index in [2.05, 4.69) is 26.3 Å². The molecule has 0 saturated carbocycles. The predicted octanol–water partition coefficient (Wildman–Crippen LogP) is 6.98. The number of nitrogen functional groups attached to an aromatic ring is 1. The smallest absolute Gasteiger partial charge is 0.410 e. The number of nitrogens with two attached hydrogens (primary N) is 1. The maximum absolute atomic E-state index is 12.7. The van der Waals surface area contributed by atoms with Gasteiger partial charge in [-0.05, 0) is 125 Å². The number of nitrogens with zero attached hydrogens (tertiary/aromatic N) is 2. The zero-order valence-corrected chi connectivity index (χ0v) is 32.3. The number of piperidine rings is 2. The van der Waals surface area contributed by atoms with Gasteiger partial charge in [-0.15, -0.1) is 0 Å². The zero-order chi connectivity index (χ0) is 39.7. The van der Waals surface area contributed by atoms with E-state index in [4.69, 9.17) is 24.7 Å². The van der Waals surface area contributed by atoms with Crippen LogP contribution in [0.5, 0.6) is 23.0 Å².